The number of rotatable bonds is 5. The Morgan fingerprint density at radius 3 is 2.29 bits per heavy atom. The molecule has 0 unspecified atom stereocenters. The molecular formula is C9H17NO4. The van der Waals surface area contributed by atoms with Crippen LogP contribution in [0.1, 0.15) is 17.4 Å². The van der Waals surface area contributed by atoms with Crippen LogP contribution < -0.4 is 5.11 Å². The van der Waals surface area contributed by atoms with Crippen molar-refractivity contribution < 1.29 is 28.4 Å². The number of aliphatic carboxylic acids is 1. The van der Waals surface area contributed by atoms with E-state index in [1.54, 1.807) is 21.1 Å². The molecule has 0 fully saturated rings. The second-order valence-electron chi connectivity index (χ2n) is 4.36. The van der Waals surface area contributed by atoms with Gasteiger partial charge in [0.25, 0.3) is 0 Å². The van der Waals surface area contributed by atoms with Crippen molar-refractivity contribution in [1.29, 1.82) is 0 Å². The largest absolute Gasteiger partial charge is 0.550 e. The first kappa shape index (κ1) is 8.38. The highest BCUT2D eigenvalue weighted by atomic mass is 16.4. The molecular weight excluding hydrogens is 186 g/mol. The van der Waals surface area contributed by atoms with Gasteiger partial charge in [-0.1, -0.05) is 0 Å². The van der Waals surface area contributed by atoms with Crippen molar-refractivity contribution >= 4 is 11.8 Å². The zero-order valence-corrected chi connectivity index (χ0v) is 8.53. The van der Waals surface area contributed by atoms with E-state index in [2.05, 4.69) is 0 Å². The predicted octanol–water partition coefficient (Wildman–Crippen LogP) is -1.85. The molecule has 0 bridgehead atoms. The summed E-state index contributed by atoms with van der Waals surface area (Å²) in [5.41, 5.74) is -2.44. The number of carbonyl (C=O) groups excluding carboxylic acids is 2. The third kappa shape index (κ3) is 4.34. The fourth-order valence-electron chi connectivity index (χ4n) is 1.23. The number of hydrogen-bond acceptors (Lipinski definition) is 4. The van der Waals surface area contributed by atoms with Gasteiger partial charge in [-0.05, 0) is 6.85 Å². The molecule has 5 nitrogen and oxygen atoms in total. The maximum absolute atomic E-state index is 11.6. The molecule has 0 radical (unpaired) electrons. The summed E-state index contributed by atoms with van der Waals surface area (Å²) in [6.45, 7) is -3.36. The molecule has 0 saturated carbocycles. The molecule has 14 heavy (non-hydrogen) atoms. The van der Waals surface area contributed by atoms with Crippen LogP contribution >= 0.6 is 0 Å². The van der Waals surface area contributed by atoms with Gasteiger partial charge in [-0.15, -0.1) is 0 Å². The second-order valence-corrected chi connectivity index (χ2v) is 4.36. The lowest BCUT2D eigenvalue weighted by atomic mass is 9.94. The zero-order chi connectivity index (χ0) is 14.1. The lowest BCUT2D eigenvalue weighted by Gasteiger charge is -2.34. The first-order chi connectivity index (χ1) is 7.28. The summed E-state index contributed by atoms with van der Waals surface area (Å²) >= 11 is 0. The highest BCUT2D eigenvalue weighted by molar-refractivity contribution is 5.88. The molecule has 1 N–H and O–H groups in total. The van der Waals surface area contributed by atoms with E-state index in [1.165, 1.54) is 0 Å². The van der Waals surface area contributed by atoms with Crippen molar-refractivity contribution in [2.75, 3.05) is 27.7 Å². The van der Waals surface area contributed by atoms with E-state index in [0.717, 1.165) is 0 Å². The summed E-state index contributed by atoms with van der Waals surface area (Å²) in [4.78, 5) is 22.1. The van der Waals surface area contributed by atoms with Gasteiger partial charge in [0, 0.05) is 16.5 Å². The minimum absolute atomic E-state index is 0.0472. The number of ketones is 1. The van der Waals surface area contributed by atoms with Crippen molar-refractivity contribution in [1.82, 2.24) is 0 Å². The Bertz CT molecular complexity index is 321. The van der Waals surface area contributed by atoms with Gasteiger partial charge < -0.3 is 19.5 Å². The number of Topliss-reactive ketones (excluding diaryl/α,β-unsaturated/α-hetero) is 1. The van der Waals surface area contributed by atoms with Crippen molar-refractivity contribution in [2.24, 2.45) is 0 Å². The number of quaternary nitrogens is 1. The number of likely N-dealkylation sites (N-methyl/N-ethyl adjacent to an activating group) is 1. The standard InChI is InChI=1S/C9H17NO4/c1-7(11)9(14,5-8(12)13)6-10(2,3)4/h14H,5-6H2,1-4H3/t9-/m1/s1/i1D3. The number of carbonyl (C=O) groups is 2. The Kier molecular flexibility index (Phi) is 2.43. The van der Waals surface area contributed by atoms with Gasteiger partial charge in [-0.3, -0.25) is 4.79 Å². The lowest BCUT2D eigenvalue weighted by Crippen LogP contribution is -2.55. The highest BCUT2D eigenvalue weighted by Crippen LogP contribution is 2.15. The van der Waals surface area contributed by atoms with Gasteiger partial charge >= 0.3 is 0 Å². The number of carboxylic acid groups (broad SMARTS) is 1. The van der Waals surface area contributed by atoms with E-state index in [-0.39, 0.29) is 11.0 Å². The Balaban J connectivity index is 5.25. The molecule has 0 aromatic rings. The predicted molar refractivity (Wildman–Crippen MR) is 48.2 cm³/mol. The van der Waals surface area contributed by atoms with Crippen molar-refractivity contribution in [2.45, 2.75) is 18.9 Å². The molecule has 0 aliphatic heterocycles. The molecule has 0 aromatic carbocycles. The fraction of sp³-hybridized carbons (Fsp3) is 0.778. The number of aliphatic hydroxyl groups is 1. The Morgan fingerprint density at radius 2 is 2.00 bits per heavy atom. The third-order valence-electron chi connectivity index (χ3n) is 1.60. The molecule has 82 valence electrons. The van der Waals surface area contributed by atoms with Crippen LogP contribution in [0.3, 0.4) is 0 Å². The average molecular weight is 206 g/mol. The lowest BCUT2D eigenvalue weighted by molar-refractivity contribution is -0.875. The normalized spacial score (nSPS) is 20.1. The quantitative estimate of drug-likeness (QED) is 0.536. The van der Waals surface area contributed by atoms with Crippen molar-refractivity contribution in [3.63, 3.8) is 0 Å². The van der Waals surface area contributed by atoms with E-state index in [1.807, 2.05) is 0 Å². The number of nitrogens with zero attached hydrogens (tertiary/aromatic N) is 1. The Hall–Kier alpha value is -0.940. The molecule has 0 aliphatic rings. The number of carboxylic acids is 1. The van der Waals surface area contributed by atoms with Crippen LogP contribution in [-0.2, 0) is 9.59 Å². The second kappa shape index (κ2) is 4.06. The smallest absolute Gasteiger partial charge is 0.176 e. The maximum atomic E-state index is 11.6. The van der Waals surface area contributed by atoms with Gasteiger partial charge in [-0.2, -0.15) is 0 Å². The van der Waals surface area contributed by atoms with Crippen LogP contribution in [0, 0.1) is 0 Å². The average Bonchev–Trinajstić information content (AvgIpc) is 1.95. The first-order valence-corrected chi connectivity index (χ1v) is 4.05. The monoisotopic (exact) mass is 206 g/mol. The molecule has 0 amide bonds. The molecule has 0 rings (SSSR count). The van der Waals surface area contributed by atoms with E-state index in [9.17, 15) is 19.8 Å². The number of hydrogen-bond donors (Lipinski definition) is 1. The summed E-state index contributed by atoms with van der Waals surface area (Å²) < 4.78 is 20.9. The SMILES string of the molecule is [2H]C([2H])([2H])C(=O)[C@@](O)(CC(=O)[O-])C[N+](C)(C)C. The summed E-state index contributed by atoms with van der Waals surface area (Å²) in [5.74, 6) is -3.14. The summed E-state index contributed by atoms with van der Waals surface area (Å²) in [6, 6.07) is 0. The van der Waals surface area contributed by atoms with Gasteiger partial charge in [0.1, 0.15) is 6.54 Å². The fourth-order valence-corrected chi connectivity index (χ4v) is 1.23. The van der Waals surface area contributed by atoms with Gasteiger partial charge in [0.05, 0.1) is 21.1 Å². The van der Waals surface area contributed by atoms with Gasteiger partial charge in [-0.25, -0.2) is 0 Å². The minimum atomic E-state index is -3.04. The van der Waals surface area contributed by atoms with Crippen LogP contribution in [0.5, 0.6) is 0 Å². The van der Waals surface area contributed by atoms with Crippen LogP contribution in [-0.4, -0.2) is 54.6 Å². The van der Waals surface area contributed by atoms with Crippen LogP contribution in [0.15, 0.2) is 0 Å². The molecule has 0 aromatic heterocycles. The third-order valence-corrected chi connectivity index (χ3v) is 1.60. The molecule has 5 heteroatoms. The highest BCUT2D eigenvalue weighted by Gasteiger charge is 2.38. The van der Waals surface area contributed by atoms with Crippen molar-refractivity contribution in [3.8, 4) is 0 Å². The van der Waals surface area contributed by atoms with Crippen LogP contribution in [0.25, 0.3) is 0 Å². The van der Waals surface area contributed by atoms with Gasteiger partial charge in [0.2, 0.25) is 0 Å². The van der Waals surface area contributed by atoms with E-state index in [4.69, 9.17) is 4.11 Å². The maximum Gasteiger partial charge on any atom is 0.176 e. The first-order valence-electron chi connectivity index (χ1n) is 5.55. The summed E-state index contributed by atoms with van der Waals surface area (Å²) in [5, 5.41) is 20.5. The van der Waals surface area contributed by atoms with Crippen molar-refractivity contribution in [3.05, 3.63) is 0 Å². The molecule has 0 aliphatic carbocycles. The molecule has 1 atom stereocenters. The molecule has 0 heterocycles. The van der Waals surface area contributed by atoms with Crippen LogP contribution in [0.4, 0.5) is 0 Å². The molecule has 0 spiro atoms. The van der Waals surface area contributed by atoms with E-state index < -0.39 is 30.6 Å². The zero-order valence-electron chi connectivity index (χ0n) is 11.5. The minimum Gasteiger partial charge on any atom is -0.550 e. The topological polar surface area (TPSA) is 77.4 Å². The summed E-state index contributed by atoms with van der Waals surface area (Å²) in [7, 11) is 4.81. The Morgan fingerprint density at radius 1 is 1.50 bits per heavy atom. The molecule has 0 saturated heterocycles. The van der Waals surface area contributed by atoms with E-state index >= 15 is 0 Å². The Labute approximate surface area is 87.8 Å². The van der Waals surface area contributed by atoms with E-state index in [0.29, 0.717) is 0 Å². The van der Waals surface area contributed by atoms with Gasteiger partial charge in [0.15, 0.2) is 11.4 Å². The van der Waals surface area contributed by atoms with Crippen LogP contribution in [0.2, 0.25) is 0 Å². The summed E-state index contributed by atoms with van der Waals surface area (Å²) in [6.07, 6.45) is -1.03.